The third-order valence-electron chi connectivity index (χ3n) is 4.20. The summed E-state index contributed by atoms with van der Waals surface area (Å²) in [6, 6.07) is 15.2. The molecule has 6 nitrogen and oxygen atoms in total. The first-order chi connectivity index (χ1) is 13.1. The summed E-state index contributed by atoms with van der Waals surface area (Å²) in [5.74, 6) is -0.232. The lowest BCUT2D eigenvalue weighted by Gasteiger charge is -2.04. The average molecular weight is 376 g/mol. The fourth-order valence-corrected chi connectivity index (χ4v) is 3.55. The molecule has 2 heterocycles. The van der Waals surface area contributed by atoms with Crippen LogP contribution in [0.25, 0.3) is 22.0 Å². The van der Waals surface area contributed by atoms with Crippen LogP contribution in [0.3, 0.4) is 0 Å². The van der Waals surface area contributed by atoms with E-state index in [0.717, 1.165) is 11.3 Å². The summed E-state index contributed by atoms with van der Waals surface area (Å²) >= 11 is 1.37. The minimum absolute atomic E-state index is 0.0523. The lowest BCUT2D eigenvalue weighted by molar-refractivity contribution is -0.115. The summed E-state index contributed by atoms with van der Waals surface area (Å²) in [6.45, 7) is 2.03. The standard InChI is InChI=1S/C20H16N4O2S/c1-12-6-8-13(9-7-12)17-11-27-20(21-17)22-18(25)10-16-14-4-2-3-5-15(14)19(26)24-23-16/h2-9,11H,10H2,1H3,(H,24,26)(H,21,22,25). The van der Waals surface area contributed by atoms with Crippen LogP contribution in [-0.2, 0) is 11.2 Å². The molecule has 0 aliphatic carbocycles. The van der Waals surface area contributed by atoms with E-state index in [1.54, 1.807) is 18.2 Å². The Bertz CT molecular complexity index is 1180. The van der Waals surface area contributed by atoms with Gasteiger partial charge in [0.15, 0.2) is 5.13 Å². The molecule has 2 aromatic carbocycles. The predicted octanol–water partition coefficient (Wildman–Crippen LogP) is 3.54. The van der Waals surface area contributed by atoms with Crippen LogP contribution in [0.2, 0.25) is 0 Å². The molecule has 27 heavy (non-hydrogen) atoms. The molecule has 0 aliphatic heterocycles. The molecule has 0 fully saturated rings. The van der Waals surface area contributed by atoms with Gasteiger partial charge in [-0.1, -0.05) is 48.0 Å². The Hall–Kier alpha value is -3.32. The number of anilines is 1. The second-order valence-corrected chi connectivity index (χ2v) is 7.03. The number of hydrogen-bond donors (Lipinski definition) is 2. The highest BCUT2D eigenvalue weighted by molar-refractivity contribution is 7.14. The fourth-order valence-electron chi connectivity index (χ4n) is 2.81. The van der Waals surface area contributed by atoms with Crippen molar-refractivity contribution in [1.82, 2.24) is 15.2 Å². The zero-order valence-corrected chi connectivity index (χ0v) is 15.3. The van der Waals surface area contributed by atoms with Crippen molar-refractivity contribution in [3.05, 3.63) is 75.5 Å². The predicted molar refractivity (Wildman–Crippen MR) is 107 cm³/mol. The number of aryl methyl sites for hydroxylation is 1. The van der Waals surface area contributed by atoms with Gasteiger partial charge < -0.3 is 5.32 Å². The van der Waals surface area contributed by atoms with Crippen LogP contribution in [0.5, 0.6) is 0 Å². The molecule has 0 saturated carbocycles. The SMILES string of the molecule is Cc1ccc(-c2csc(NC(=O)Cc3n[nH]c(=O)c4ccccc34)n2)cc1. The van der Waals surface area contributed by atoms with E-state index in [9.17, 15) is 9.59 Å². The van der Waals surface area contributed by atoms with Crippen molar-refractivity contribution in [3.8, 4) is 11.3 Å². The number of amides is 1. The van der Waals surface area contributed by atoms with E-state index in [-0.39, 0.29) is 17.9 Å². The first kappa shape index (κ1) is 17.1. The lowest BCUT2D eigenvalue weighted by Crippen LogP contribution is -2.18. The molecule has 0 atom stereocenters. The quantitative estimate of drug-likeness (QED) is 0.570. The fraction of sp³-hybridized carbons (Fsp3) is 0.100. The van der Waals surface area contributed by atoms with E-state index in [1.807, 2.05) is 42.6 Å². The smallest absolute Gasteiger partial charge is 0.272 e. The van der Waals surface area contributed by atoms with Gasteiger partial charge >= 0.3 is 0 Å². The number of nitrogens with zero attached hydrogens (tertiary/aromatic N) is 2. The molecule has 0 aliphatic rings. The zero-order valence-electron chi connectivity index (χ0n) is 14.5. The van der Waals surface area contributed by atoms with Gasteiger partial charge in [-0.2, -0.15) is 5.10 Å². The van der Waals surface area contributed by atoms with E-state index in [0.29, 0.717) is 21.6 Å². The molecule has 4 rings (SSSR count). The topological polar surface area (TPSA) is 87.7 Å². The average Bonchev–Trinajstić information content (AvgIpc) is 3.13. The molecule has 134 valence electrons. The number of benzene rings is 2. The van der Waals surface area contributed by atoms with Crippen LogP contribution in [0.15, 0.2) is 58.7 Å². The minimum atomic E-state index is -0.266. The summed E-state index contributed by atoms with van der Waals surface area (Å²) in [4.78, 5) is 28.7. The Balaban J connectivity index is 1.52. The number of rotatable bonds is 4. The number of hydrogen-bond acceptors (Lipinski definition) is 5. The largest absolute Gasteiger partial charge is 0.302 e. The van der Waals surface area contributed by atoms with Crippen molar-refractivity contribution in [2.75, 3.05) is 5.32 Å². The number of thiazole rings is 1. The third-order valence-corrected chi connectivity index (χ3v) is 4.96. The molecule has 2 aromatic heterocycles. The Morgan fingerprint density at radius 3 is 2.63 bits per heavy atom. The molecule has 1 amide bonds. The second kappa shape index (κ2) is 7.13. The summed E-state index contributed by atoms with van der Waals surface area (Å²) in [7, 11) is 0. The van der Waals surface area contributed by atoms with E-state index < -0.39 is 0 Å². The summed E-state index contributed by atoms with van der Waals surface area (Å²) in [5.41, 5.74) is 3.27. The van der Waals surface area contributed by atoms with E-state index in [2.05, 4.69) is 20.5 Å². The number of aromatic amines is 1. The maximum Gasteiger partial charge on any atom is 0.272 e. The van der Waals surface area contributed by atoms with E-state index >= 15 is 0 Å². The second-order valence-electron chi connectivity index (χ2n) is 6.17. The molecule has 0 saturated heterocycles. The summed E-state index contributed by atoms with van der Waals surface area (Å²) in [5, 5.41) is 12.9. The van der Waals surface area contributed by atoms with Gasteiger partial charge in [-0.15, -0.1) is 11.3 Å². The molecule has 0 bridgehead atoms. The molecule has 0 unspecified atom stereocenters. The number of nitrogens with one attached hydrogen (secondary N) is 2. The first-order valence-corrected chi connectivity index (χ1v) is 9.27. The molecule has 2 N–H and O–H groups in total. The van der Waals surface area contributed by atoms with Gasteiger partial charge in [-0.25, -0.2) is 10.1 Å². The molecule has 0 radical (unpaired) electrons. The van der Waals surface area contributed by atoms with Gasteiger partial charge in [0.25, 0.3) is 5.56 Å². The van der Waals surface area contributed by atoms with Crippen LogP contribution in [-0.4, -0.2) is 21.1 Å². The van der Waals surface area contributed by atoms with Crippen LogP contribution in [0.4, 0.5) is 5.13 Å². The highest BCUT2D eigenvalue weighted by atomic mass is 32.1. The van der Waals surface area contributed by atoms with Crippen molar-refractivity contribution in [2.24, 2.45) is 0 Å². The van der Waals surface area contributed by atoms with Gasteiger partial charge in [-0.05, 0) is 13.0 Å². The molecular weight excluding hydrogens is 360 g/mol. The van der Waals surface area contributed by atoms with Crippen molar-refractivity contribution in [1.29, 1.82) is 0 Å². The van der Waals surface area contributed by atoms with Crippen LogP contribution >= 0.6 is 11.3 Å². The molecule has 7 heteroatoms. The highest BCUT2D eigenvalue weighted by Crippen LogP contribution is 2.25. The molecular formula is C20H16N4O2S. The highest BCUT2D eigenvalue weighted by Gasteiger charge is 2.13. The van der Waals surface area contributed by atoms with Gasteiger partial charge in [-0.3, -0.25) is 9.59 Å². The Kier molecular flexibility index (Phi) is 4.52. The lowest BCUT2D eigenvalue weighted by atomic mass is 10.1. The number of carbonyl (C=O) groups is 1. The first-order valence-electron chi connectivity index (χ1n) is 8.39. The van der Waals surface area contributed by atoms with Crippen molar-refractivity contribution < 1.29 is 4.79 Å². The van der Waals surface area contributed by atoms with Gasteiger partial charge in [0.1, 0.15) is 0 Å². The summed E-state index contributed by atoms with van der Waals surface area (Å²) < 4.78 is 0. The monoisotopic (exact) mass is 376 g/mol. The zero-order chi connectivity index (χ0) is 18.8. The molecule has 4 aromatic rings. The van der Waals surface area contributed by atoms with Crippen LogP contribution < -0.4 is 10.9 Å². The van der Waals surface area contributed by atoms with Gasteiger partial charge in [0, 0.05) is 16.3 Å². The number of H-pyrrole nitrogens is 1. The van der Waals surface area contributed by atoms with Crippen molar-refractivity contribution in [2.45, 2.75) is 13.3 Å². The normalized spacial score (nSPS) is 10.9. The Morgan fingerprint density at radius 2 is 1.85 bits per heavy atom. The number of aromatic nitrogens is 3. The third kappa shape index (κ3) is 3.63. The van der Waals surface area contributed by atoms with Gasteiger partial charge in [0.2, 0.25) is 5.91 Å². The number of carbonyl (C=O) groups excluding carboxylic acids is 1. The van der Waals surface area contributed by atoms with Gasteiger partial charge in [0.05, 0.1) is 23.2 Å². The van der Waals surface area contributed by atoms with Crippen molar-refractivity contribution >= 4 is 33.1 Å². The van der Waals surface area contributed by atoms with E-state index in [4.69, 9.17) is 0 Å². The molecule has 0 spiro atoms. The minimum Gasteiger partial charge on any atom is -0.302 e. The summed E-state index contributed by atoms with van der Waals surface area (Å²) in [6.07, 6.45) is 0.0523. The van der Waals surface area contributed by atoms with Crippen LogP contribution in [0, 0.1) is 6.92 Å². The maximum atomic E-state index is 12.4. The number of fused-ring (bicyclic) bond motifs is 1. The maximum absolute atomic E-state index is 12.4. The Labute approximate surface area is 158 Å². The van der Waals surface area contributed by atoms with E-state index in [1.165, 1.54) is 16.9 Å². The van der Waals surface area contributed by atoms with Crippen LogP contribution in [0.1, 0.15) is 11.3 Å². The Morgan fingerprint density at radius 1 is 1.11 bits per heavy atom. The van der Waals surface area contributed by atoms with Crippen molar-refractivity contribution in [3.63, 3.8) is 0 Å².